The normalized spacial score (nSPS) is 13.8. The molecule has 0 amide bonds. The maximum atomic E-state index is 13.8. The smallest absolute Gasteiger partial charge is 0.421 e. The summed E-state index contributed by atoms with van der Waals surface area (Å²) in [6.45, 7) is -1.13. The fraction of sp³-hybridized carbons (Fsp3) is 0.267. The Balaban J connectivity index is 1.62. The Kier molecular flexibility index (Phi) is 10.5. The third-order valence-corrected chi connectivity index (χ3v) is 6.55. The zero-order valence-electron chi connectivity index (χ0n) is 23.8. The summed E-state index contributed by atoms with van der Waals surface area (Å²) >= 11 is 0. The second-order valence-corrected chi connectivity index (χ2v) is 9.94. The number of benzene rings is 1. The van der Waals surface area contributed by atoms with E-state index in [1.54, 1.807) is 48.8 Å². The molecule has 0 unspecified atom stereocenters. The quantitative estimate of drug-likeness (QED) is 0.0795. The van der Waals surface area contributed by atoms with Gasteiger partial charge in [0.1, 0.15) is 5.69 Å². The van der Waals surface area contributed by atoms with Crippen LogP contribution in [-0.4, -0.2) is 51.8 Å². The van der Waals surface area contributed by atoms with E-state index in [-0.39, 0.29) is 24.7 Å². The van der Waals surface area contributed by atoms with Crippen molar-refractivity contribution in [3.8, 4) is 11.3 Å². The van der Waals surface area contributed by atoms with Gasteiger partial charge in [0.15, 0.2) is 0 Å². The lowest BCUT2D eigenvalue weighted by Gasteiger charge is -2.30. The number of aliphatic hydroxyl groups is 1. The molecule has 8 nitrogen and oxygen atoms in total. The molecule has 4 rings (SSSR count). The number of alkyl halides is 9. The van der Waals surface area contributed by atoms with Crippen LogP contribution >= 0.6 is 0 Å². The highest BCUT2D eigenvalue weighted by atomic mass is 19.4. The van der Waals surface area contributed by atoms with Crippen LogP contribution in [0, 0.1) is 0 Å². The summed E-state index contributed by atoms with van der Waals surface area (Å²) in [7, 11) is 0. The van der Waals surface area contributed by atoms with Crippen molar-refractivity contribution in [3.63, 3.8) is 0 Å². The molecule has 3 aromatic heterocycles. The van der Waals surface area contributed by atoms with E-state index in [9.17, 15) is 49.4 Å². The molecule has 0 fully saturated rings. The highest BCUT2D eigenvalue weighted by molar-refractivity contribution is 5.76. The first-order chi connectivity index (χ1) is 22.0. The van der Waals surface area contributed by atoms with E-state index in [1.807, 2.05) is 0 Å². The van der Waals surface area contributed by atoms with Crippen LogP contribution in [0.2, 0.25) is 0 Å². The van der Waals surface area contributed by atoms with Crippen LogP contribution in [0.4, 0.5) is 39.5 Å². The molecule has 1 aromatic carbocycles. The molecule has 0 bridgehead atoms. The van der Waals surface area contributed by atoms with Crippen LogP contribution in [0.5, 0.6) is 0 Å². The highest BCUT2D eigenvalue weighted by Gasteiger charge is 2.47. The van der Waals surface area contributed by atoms with Gasteiger partial charge in [-0.15, -0.1) is 0 Å². The van der Waals surface area contributed by atoms with Gasteiger partial charge in [-0.25, -0.2) is 9.78 Å². The van der Waals surface area contributed by atoms with Gasteiger partial charge in [0, 0.05) is 36.6 Å². The van der Waals surface area contributed by atoms with Crippen molar-refractivity contribution in [3.05, 3.63) is 113 Å². The summed E-state index contributed by atoms with van der Waals surface area (Å²) in [5, 5.41) is 16.9. The molecular formula is C30H24F9N5O3. The van der Waals surface area contributed by atoms with Gasteiger partial charge in [-0.1, -0.05) is 24.3 Å². The average molecular weight is 674 g/mol. The number of pyridine rings is 3. The summed E-state index contributed by atoms with van der Waals surface area (Å²) in [6.07, 6.45) is -12.6. The van der Waals surface area contributed by atoms with Gasteiger partial charge < -0.3 is 20.5 Å². The molecule has 3 heterocycles. The van der Waals surface area contributed by atoms with Crippen LogP contribution in [-0.2, 0) is 27.7 Å². The Hall–Kier alpha value is -4.61. The number of carbonyl (C=O) groups is 1. The fourth-order valence-corrected chi connectivity index (χ4v) is 4.30. The molecular weight excluding hydrogens is 649 g/mol. The summed E-state index contributed by atoms with van der Waals surface area (Å²) in [4.78, 5) is 23.8. The van der Waals surface area contributed by atoms with Crippen molar-refractivity contribution in [2.45, 2.75) is 30.4 Å². The van der Waals surface area contributed by atoms with Gasteiger partial charge in [-0.05, 0) is 48.5 Å². The maximum Gasteiger partial charge on any atom is 0.491 e. The summed E-state index contributed by atoms with van der Waals surface area (Å²) < 4.78 is 124. The Bertz CT molecular complexity index is 1600. The van der Waals surface area contributed by atoms with E-state index in [1.165, 1.54) is 0 Å². The van der Waals surface area contributed by atoms with Crippen molar-refractivity contribution < 1.29 is 54.2 Å². The first kappa shape index (κ1) is 35.2. The molecule has 4 aromatic rings. The number of halogens is 9. The first-order valence-corrected chi connectivity index (χ1v) is 13.5. The largest absolute Gasteiger partial charge is 0.491 e. The molecule has 47 heavy (non-hydrogen) atoms. The highest BCUT2D eigenvalue weighted by Crippen LogP contribution is 2.36. The minimum Gasteiger partial charge on any atom is -0.421 e. The van der Waals surface area contributed by atoms with Crippen molar-refractivity contribution in [1.82, 2.24) is 25.6 Å². The maximum absolute atomic E-state index is 13.8. The monoisotopic (exact) mass is 673 g/mol. The third kappa shape index (κ3) is 9.24. The molecule has 0 aliphatic carbocycles. The zero-order valence-corrected chi connectivity index (χ0v) is 23.8. The van der Waals surface area contributed by atoms with Crippen LogP contribution in [0.1, 0.15) is 34.3 Å². The second kappa shape index (κ2) is 14.0. The topological polar surface area (TPSA) is 109 Å². The van der Waals surface area contributed by atoms with Crippen molar-refractivity contribution >= 4 is 5.97 Å². The van der Waals surface area contributed by atoms with E-state index >= 15 is 0 Å². The predicted octanol–water partition coefficient (Wildman–Crippen LogP) is 5.80. The fourth-order valence-electron chi connectivity index (χ4n) is 4.30. The van der Waals surface area contributed by atoms with Crippen LogP contribution in [0.3, 0.4) is 0 Å². The number of nitrogens with zero attached hydrogens (tertiary/aromatic N) is 3. The minimum absolute atomic E-state index is 0.0437. The lowest BCUT2D eigenvalue weighted by Crippen LogP contribution is -2.46. The predicted molar refractivity (Wildman–Crippen MR) is 147 cm³/mol. The SMILES string of the molecule is O=C(O[C@](O)(CNCCNC(c1ccccn1)c1ccccn1)c1cc(-c2ccc(C(F)(F)F)cc2)nc(C(F)(F)F)c1)C(F)(F)F. The Morgan fingerprint density at radius 1 is 0.766 bits per heavy atom. The van der Waals surface area contributed by atoms with Gasteiger partial charge >= 0.3 is 24.5 Å². The van der Waals surface area contributed by atoms with Gasteiger partial charge in [-0.2, -0.15) is 39.5 Å². The number of ether oxygens (including phenoxy) is 1. The Morgan fingerprint density at radius 2 is 1.36 bits per heavy atom. The summed E-state index contributed by atoms with van der Waals surface area (Å²) in [5.41, 5.74) is -3.67. The van der Waals surface area contributed by atoms with Gasteiger partial charge in [0.05, 0.1) is 35.2 Å². The molecule has 0 radical (unpaired) electrons. The number of aromatic nitrogens is 3. The average Bonchev–Trinajstić information content (AvgIpc) is 3.02. The standard InChI is InChI=1S/C30H24F9N5O3/c31-28(32,33)19-9-7-18(8-10-19)23-15-20(16-24(44-23)29(34,35)36)27(46,47-26(45)30(37,38)39)17-40-13-14-43-25(21-5-1-3-11-41-21)22-6-2-4-12-42-22/h1-12,15-16,25,40,43,46H,13-14,17H2/t27-/m1/s1. The lowest BCUT2D eigenvalue weighted by molar-refractivity contribution is -0.251. The molecule has 17 heteroatoms. The van der Waals surface area contributed by atoms with Crippen molar-refractivity contribution in [1.29, 1.82) is 0 Å². The molecule has 0 aliphatic heterocycles. The number of esters is 1. The molecule has 250 valence electrons. The van der Waals surface area contributed by atoms with Crippen molar-refractivity contribution in [2.24, 2.45) is 0 Å². The molecule has 0 spiro atoms. The summed E-state index contributed by atoms with van der Waals surface area (Å²) in [6, 6.07) is 13.3. The molecule has 3 N–H and O–H groups in total. The van der Waals surface area contributed by atoms with Crippen molar-refractivity contribution in [2.75, 3.05) is 19.6 Å². The third-order valence-electron chi connectivity index (χ3n) is 6.55. The molecule has 1 atom stereocenters. The first-order valence-electron chi connectivity index (χ1n) is 13.5. The van der Waals surface area contributed by atoms with E-state index in [4.69, 9.17) is 0 Å². The molecule has 0 saturated heterocycles. The number of rotatable bonds is 11. The zero-order chi connectivity index (χ0) is 34.5. The number of nitrogens with one attached hydrogen (secondary N) is 2. The van der Waals surface area contributed by atoms with Crippen LogP contribution in [0.15, 0.2) is 85.2 Å². The number of hydrogen-bond acceptors (Lipinski definition) is 8. The van der Waals surface area contributed by atoms with Crippen LogP contribution in [0.25, 0.3) is 11.3 Å². The Labute approximate surface area is 260 Å². The van der Waals surface area contributed by atoms with Gasteiger partial charge in [0.2, 0.25) is 0 Å². The number of carbonyl (C=O) groups excluding carboxylic acids is 1. The Morgan fingerprint density at radius 3 is 1.85 bits per heavy atom. The number of hydrogen-bond donors (Lipinski definition) is 3. The van der Waals surface area contributed by atoms with E-state index in [0.717, 1.165) is 12.1 Å². The lowest BCUT2D eigenvalue weighted by atomic mass is 10.0. The van der Waals surface area contributed by atoms with Gasteiger partial charge in [0.25, 0.3) is 5.79 Å². The van der Waals surface area contributed by atoms with Crippen LogP contribution < -0.4 is 10.6 Å². The van der Waals surface area contributed by atoms with E-state index in [0.29, 0.717) is 29.6 Å². The molecule has 0 aliphatic rings. The minimum atomic E-state index is -5.65. The second-order valence-electron chi connectivity index (χ2n) is 9.94. The summed E-state index contributed by atoms with van der Waals surface area (Å²) in [5.74, 6) is -6.26. The molecule has 0 saturated carbocycles. The van der Waals surface area contributed by atoms with Gasteiger partial charge in [-0.3, -0.25) is 9.97 Å². The van der Waals surface area contributed by atoms with E-state index < -0.39 is 65.4 Å². The van der Waals surface area contributed by atoms with E-state index in [2.05, 4.69) is 30.3 Å².